The van der Waals surface area contributed by atoms with Crippen molar-refractivity contribution in [1.29, 1.82) is 0 Å². The number of hydrogen-bond acceptors (Lipinski definition) is 4. The zero-order chi connectivity index (χ0) is 20.5. The molecule has 0 saturated carbocycles. The van der Waals surface area contributed by atoms with Gasteiger partial charge in [0, 0.05) is 31.4 Å². The quantitative estimate of drug-likeness (QED) is 0.584. The van der Waals surface area contributed by atoms with Gasteiger partial charge in [-0.2, -0.15) is 0 Å². The summed E-state index contributed by atoms with van der Waals surface area (Å²) in [5.41, 5.74) is 1.98. The van der Waals surface area contributed by atoms with Gasteiger partial charge in [0.25, 0.3) is 0 Å². The molecule has 0 aromatic heterocycles. The van der Waals surface area contributed by atoms with Crippen LogP contribution in [0.15, 0.2) is 42.5 Å². The van der Waals surface area contributed by atoms with Crippen molar-refractivity contribution >= 4 is 5.69 Å². The summed E-state index contributed by atoms with van der Waals surface area (Å²) in [6.45, 7) is 7.19. The van der Waals surface area contributed by atoms with Crippen LogP contribution in [0.2, 0.25) is 0 Å². The summed E-state index contributed by atoms with van der Waals surface area (Å²) >= 11 is 0. The number of hydrogen-bond donors (Lipinski definition) is 0. The van der Waals surface area contributed by atoms with Crippen LogP contribution in [-0.4, -0.2) is 44.8 Å². The molecule has 0 spiro atoms. The van der Waals surface area contributed by atoms with E-state index in [1.165, 1.54) is 25.7 Å². The van der Waals surface area contributed by atoms with Crippen molar-refractivity contribution in [2.45, 2.75) is 39.2 Å². The lowest BCUT2D eigenvalue weighted by molar-refractivity contribution is 0.209. The van der Waals surface area contributed by atoms with Gasteiger partial charge in [-0.3, -0.25) is 4.90 Å². The lowest BCUT2D eigenvalue weighted by atomic mass is 10.1. The van der Waals surface area contributed by atoms with E-state index in [2.05, 4.69) is 16.7 Å². The van der Waals surface area contributed by atoms with Crippen molar-refractivity contribution in [2.24, 2.45) is 0 Å². The van der Waals surface area contributed by atoms with E-state index in [-0.39, 0.29) is 5.82 Å². The summed E-state index contributed by atoms with van der Waals surface area (Å²) in [7, 11) is 1.66. The first-order chi connectivity index (χ1) is 14.2. The fraction of sp³-hybridized carbons (Fsp3) is 0.500. The van der Waals surface area contributed by atoms with Crippen molar-refractivity contribution in [3.63, 3.8) is 0 Å². The van der Waals surface area contributed by atoms with E-state index in [9.17, 15) is 4.39 Å². The van der Waals surface area contributed by atoms with E-state index in [0.29, 0.717) is 18.9 Å². The average Bonchev–Trinajstić information content (AvgIpc) is 3.02. The molecule has 2 aromatic rings. The minimum Gasteiger partial charge on any atom is -0.497 e. The molecule has 1 aliphatic heterocycles. The number of ether oxygens (including phenoxy) is 2. The number of halogens is 1. The number of likely N-dealkylation sites (tertiary alicyclic amines) is 1. The van der Waals surface area contributed by atoms with Gasteiger partial charge in [0.2, 0.25) is 0 Å². The number of rotatable bonds is 9. The second kappa shape index (κ2) is 11.1. The smallest absolute Gasteiger partial charge is 0.165 e. The molecule has 4 nitrogen and oxygen atoms in total. The molecular weight excluding hydrogens is 367 g/mol. The third kappa shape index (κ3) is 6.36. The molecule has 158 valence electrons. The molecule has 1 aliphatic rings. The second-order valence-electron chi connectivity index (χ2n) is 7.58. The first-order valence-electron chi connectivity index (χ1n) is 10.7. The molecule has 0 unspecified atom stereocenters. The Bertz CT molecular complexity index is 760. The van der Waals surface area contributed by atoms with Crippen molar-refractivity contribution in [3.8, 4) is 11.5 Å². The fourth-order valence-corrected chi connectivity index (χ4v) is 3.82. The van der Waals surface area contributed by atoms with Crippen molar-refractivity contribution in [1.82, 2.24) is 4.90 Å². The molecule has 1 heterocycles. The number of anilines is 1. The summed E-state index contributed by atoms with van der Waals surface area (Å²) in [4.78, 5) is 4.61. The predicted molar refractivity (Wildman–Crippen MR) is 117 cm³/mol. The molecule has 5 heteroatoms. The van der Waals surface area contributed by atoms with Crippen molar-refractivity contribution in [2.75, 3.05) is 44.8 Å². The number of methoxy groups -OCH3 is 1. The van der Waals surface area contributed by atoms with Crippen molar-refractivity contribution in [3.05, 3.63) is 53.8 Å². The summed E-state index contributed by atoms with van der Waals surface area (Å²) in [6.07, 6.45) is 5.14. The van der Waals surface area contributed by atoms with Gasteiger partial charge in [0.15, 0.2) is 11.6 Å². The first kappa shape index (κ1) is 21.4. The summed E-state index contributed by atoms with van der Waals surface area (Å²) in [5, 5.41) is 0. The Kier molecular flexibility index (Phi) is 8.17. The number of nitrogens with zero attached hydrogens (tertiary/aromatic N) is 2. The fourth-order valence-electron chi connectivity index (χ4n) is 3.82. The zero-order valence-electron chi connectivity index (χ0n) is 17.7. The summed E-state index contributed by atoms with van der Waals surface area (Å²) in [6, 6.07) is 13.2. The van der Waals surface area contributed by atoms with Crippen molar-refractivity contribution < 1.29 is 13.9 Å². The molecule has 1 saturated heterocycles. The van der Waals surface area contributed by atoms with E-state index in [4.69, 9.17) is 9.47 Å². The van der Waals surface area contributed by atoms with Crippen LogP contribution < -0.4 is 14.4 Å². The van der Waals surface area contributed by atoms with E-state index < -0.39 is 0 Å². The Labute approximate surface area is 174 Å². The van der Waals surface area contributed by atoms with Crippen LogP contribution in [0.25, 0.3) is 0 Å². The summed E-state index contributed by atoms with van der Waals surface area (Å²) < 4.78 is 25.6. The first-order valence-corrected chi connectivity index (χ1v) is 10.7. The van der Waals surface area contributed by atoms with Crippen LogP contribution in [0.1, 0.15) is 38.2 Å². The lowest BCUT2D eigenvalue weighted by Crippen LogP contribution is -2.29. The molecule has 29 heavy (non-hydrogen) atoms. The summed E-state index contributed by atoms with van der Waals surface area (Å²) in [5.74, 6) is 0.869. The highest BCUT2D eigenvalue weighted by atomic mass is 19.1. The van der Waals surface area contributed by atoms with E-state index in [1.54, 1.807) is 19.2 Å². The molecule has 0 bridgehead atoms. The van der Waals surface area contributed by atoms with E-state index in [0.717, 1.165) is 43.2 Å². The highest BCUT2D eigenvalue weighted by Crippen LogP contribution is 2.24. The SMILES string of the molecule is CCN(Cc1ccc(OCCN2CCCCCC2)c(F)c1)c1cccc(OC)c1. The van der Waals surface area contributed by atoms with Gasteiger partial charge < -0.3 is 14.4 Å². The maximum absolute atomic E-state index is 14.6. The van der Waals surface area contributed by atoms with Gasteiger partial charge in [0.1, 0.15) is 12.4 Å². The van der Waals surface area contributed by atoms with Crippen LogP contribution in [0.3, 0.4) is 0 Å². The third-order valence-electron chi connectivity index (χ3n) is 5.53. The Morgan fingerprint density at radius 1 is 1.03 bits per heavy atom. The van der Waals surface area contributed by atoms with E-state index >= 15 is 0 Å². The third-order valence-corrected chi connectivity index (χ3v) is 5.53. The van der Waals surface area contributed by atoms with Gasteiger partial charge in [-0.1, -0.05) is 25.0 Å². The topological polar surface area (TPSA) is 24.9 Å². The van der Waals surface area contributed by atoms with Crippen LogP contribution in [-0.2, 0) is 6.54 Å². The van der Waals surface area contributed by atoms with Crippen LogP contribution in [0.5, 0.6) is 11.5 Å². The van der Waals surface area contributed by atoms with Gasteiger partial charge in [-0.15, -0.1) is 0 Å². The highest BCUT2D eigenvalue weighted by Gasteiger charge is 2.12. The lowest BCUT2D eigenvalue weighted by Gasteiger charge is -2.24. The molecule has 0 radical (unpaired) electrons. The standard InChI is InChI=1S/C24H33FN2O2/c1-3-27(21-9-8-10-22(18-21)28-2)19-20-11-12-24(23(25)17-20)29-16-15-26-13-6-4-5-7-14-26/h8-12,17-18H,3-7,13-16,19H2,1-2H3. The Morgan fingerprint density at radius 3 is 2.52 bits per heavy atom. The Hall–Kier alpha value is -2.27. The molecular formula is C24H33FN2O2. The maximum Gasteiger partial charge on any atom is 0.165 e. The highest BCUT2D eigenvalue weighted by molar-refractivity contribution is 5.51. The molecule has 2 aromatic carbocycles. The molecule has 1 fully saturated rings. The largest absolute Gasteiger partial charge is 0.497 e. The van der Waals surface area contributed by atoms with Gasteiger partial charge in [-0.05, 0) is 62.7 Å². The molecule has 0 atom stereocenters. The van der Waals surface area contributed by atoms with Gasteiger partial charge in [0.05, 0.1) is 7.11 Å². The Balaban J connectivity index is 1.56. The molecule has 0 N–H and O–H groups in total. The minimum absolute atomic E-state index is 0.292. The molecule has 3 rings (SSSR count). The second-order valence-corrected chi connectivity index (χ2v) is 7.58. The number of benzene rings is 2. The molecule has 0 aliphatic carbocycles. The predicted octanol–water partition coefficient (Wildman–Crippen LogP) is 5.12. The zero-order valence-corrected chi connectivity index (χ0v) is 17.7. The normalized spacial score (nSPS) is 15.0. The average molecular weight is 401 g/mol. The Morgan fingerprint density at radius 2 is 1.83 bits per heavy atom. The van der Waals surface area contributed by atoms with Gasteiger partial charge in [-0.25, -0.2) is 4.39 Å². The minimum atomic E-state index is -0.292. The van der Waals surface area contributed by atoms with Crippen LogP contribution >= 0.6 is 0 Å². The van der Waals surface area contributed by atoms with Gasteiger partial charge >= 0.3 is 0 Å². The maximum atomic E-state index is 14.6. The monoisotopic (exact) mass is 400 g/mol. The molecule has 0 amide bonds. The van der Waals surface area contributed by atoms with E-state index in [1.807, 2.05) is 30.3 Å². The van der Waals surface area contributed by atoms with Crippen LogP contribution in [0.4, 0.5) is 10.1 Å². The van der Waals surface area contributed by atoms with Crippen LogP contribution in [0, 0.1) is 5.82 Å².